The Morgan fingerprint density at radius 2 is 1.83 bits per heavy atom. The van der Waals surface area contributed by atoms with Gasteiger partial charge in [0.1, 0.15) is 0 Å². The van der Waals surface area contributed by atoms with Crippen LogP contribution in [0, 0.1) is 5.92 Å². The highest BCUT2D eigenvalue weighted by molar-refractivity contribution is 5.76. The first kappa shape index (κ1) is 15.5. The molecule has 0 atom stereocenters. The van der Waals surface area contributed by atoms with Crippen LogP contribution in [0.15, 0.2) is 0 Å². The zero-order valence-corrected chi connectivity index (χ0v) is 12.0. The fraction of sp³-hybridized carbons (Fsp3) is 0.933. The first-order chi connectivity index (χ1) is 8.65. The molecule has 0 aliphatic heterocycles. The molecule has 18 heavy (non-hydrogen) atoms. The molecular formula is C15H29NO2. The van der Waals surface area contributed by atoms with E-state index in [-0.39, 0.29) is 18.6 Å². The van der Waals surface area contributed by atoms with Crippen LogP contribution in [0.4, 0.5) is 0 Å². The Bertz CT molecular complexity index is 233. The molecule has 1 saturated carbocycles. The van der Waals surface area contributed by atoms with Gasteiger partial charge in [-0.1, -0.05) is 25.7 Å². The SMILES string of the molecule is CC(C)N(CCCO)C(=O)CC1CCCCCC1. The molecule has 1 aliphatic carbocycles. The molecule has 0 bridgehead atoms. The van der Waals surface area contributed by atoms with Crippen molar-refractivity contribution in [3.63, 3.8) is 0 Å². The first-order valence-corrected chi connectivity index (χ1v) is 7.55. The molecule has 1 amide bonds. The van der Waals surface area contributed by atoms with Crippen molar-refractivity contribution in [1.29, 1.82) is 0 Å². The molecular weight excluding hydrogens is 226 g/mol. The molecule has 1 rings (SSSR count). The number of amides is 1. The second-order valence-corrected chi connectivity index (χ2v) is 5.82. The van der Waals surface area contributed by atoms with Gasteiger partial charge >= 0.3 is 0 Å². The highest BCUT2D eigenvalue weighted by Gasteiger charge is 2.21. The third kappa shape index (κ3) is 5.38. The van der Waals surface area contributed by atoms with Gasteiger partial charge in [0, 0.05) is 25.6 Å². The summed E-state index contributed by atoms with van der Waals surface area (Å²) in [6.07, 6.45) is 9.09. The summed E-state index contributed by atoms with van der Waals surface area (Å²) in [6.45, 7) is 4.98. The van der Waals surface area contributed by atoms with Crippen LogP contribution in [0.1, 0.15) is 65.2 Å². The summed E-state index contributed by atoms with van der Waals surface area (Å²) in [7, 11) is 0. The van der Waals surface area contributed by atoms with E-state index in [4.69, 9.17) is 5.11 Å². The second kappa shape index (κ2) is 8.52. The Balaban J connectivity index is 2.43. The van der Waals surface area contributed by atoms with Gasteiger partial charge in [-0.15, -0.1) is 0 Å². The summed E-state index contributed by atoms with van der Waals surface area (Å²) >= 11 is 0. The summed E-state index contributed by atoms with van der Waals surface area (Å²) in [5.74, 6) is 0.876. The molecule has 106 valence electrons. The Morgan fingerprint density at radius 3 is 2.33 bits per heavy atom. The molecule has 0 radical (unpaired) electrons. The smallest absolute Gasteiger partial charge is 0.223 e. The van der Waals surface area contributed by atoms with Crippen molar-refractivity contribution in [3.05, 3.63) is 0 Å². The lowest BCUT2D eigenvalue weighted by Crippen LogP contribution is -2.38. The van der Waals surface area contributed by atoms with Crippen molar-refractivity contribution in [3.8, 4) is 0 Å². The Hall–Kier alpha value is -0.570. The quantitative estimate of drug-likeness (QED) is 0.741. The summed E-state index contributed by atoms with van der Waals surface area (Å²) in [5, 5.41) is 8.90. The third-order valence-corrected chi connectivity index (χ3v) is 3.94. The lowest BCUT2D eigenvalue weighted by atomic mass is 9.95. The normalized spacial score (nSPS) is 17.8. The Morgan fingerprint density at radius 1 is 1.22 bits per heavy atom. The molecule has 0 aromatic carbocycles. The first-order valence-electron chi connectivity index (χ1n) is 7.55. The van der Waals surface area contributed by atoms with Gasteiger partial charge in [-0.3, -0.25) is 4.79 Å². The van der Waals surface area contributed by atoms with E-state index in [9.17, 15) is 4.79 Å². The van der Waals surface area contributed by atoms with Crippen LogP contribution in [-0.4, -0.2) is 35.1 Å². The number of hydrogen-bond donors (Lipinski definition) is 1. The molecule has 0 unspecified atom stereocenters. The number of nitrogens with zero attached hydrogens (tertiary/aromatic N) is 1. The number of aliphatic hydroxyl groups excluding tert-OH is 1. The molecule has 3 nitrogen and oxygen atoms in total. The van der Waals surface area contributed by atoms with Gasteiger partial charge in [-0.2, -0.15) is 0 Å². The molecule has 0 spiro atoms. The van der Waals surface area contributed by atoms with Crippen LogP contribution in [0.2, 0.25) is 0 Å². The number of hydrogen-bond acceptors (Lipinski definition) is 2. The molecule has 0 aromatic heterocycles. The predicted molar refractivity (Wildman–Crippen MR) is 74.4 cm³/mol. The number of aliphatic hydroxyl groups is 1. The largest absolute Gasteiger partial charge is 0.396 e. The van der Waals surface area contributed by atoms with E-state index in [1.165, 1.54) is 38.5 Å². The summed E-state index contributed by atoms with van der Waals surface area (Å²) in [6, 6.07) is 0.245. The van der Waals surface area contributed by atoms with Gasteiger partial charge in [-0.05, 0) is 39.0 Å². The summed E-state index contributed by atoms with van der Waals surface area (Å²) in [4.78, 5) is 14.2. The molecule has 1 fully saturated rings. The maximum absolute atomic E-state index is 12.3. The Kier molecular flexibility index (Phi) is 7.33. The van der Waals surface area contributed by atoms with Crippen LogP contribution in [0.5, 0.6) is 0 Å². The van der Waals surface area contributed by atoms with Crippen LogP contribution in [0.25, 0.3) is 0 Å². The minimum Gasteiger partial charge on any atom is -0.396 e. The van der Waals surface area contributed by atoms with Crippen molar-refractivity contribution in [2.75, 3.05) is 13.2 Å². The maximum Gasteiger partial charge on any atom is 0.223 e. The fourth-order valence-electron chi connectivity index (χ4n) is 2.84. The molecule has 1 N–H and O–H groups in total. The van der Waals surface area contributed by atoms with E-state index >= 15 is 0 Å². The van der Waals surface area contributed by atoms with Gasteiger partial charge in [-0.25, -0.2) is 0 Å². The van der Waals surface area contributed by atoms with Crippen molar-refractivity contribution < 1.29 is 9.90 Å². The highest BCUT2D eigenvalue weighted by Crippen LogP contribution is 2.26. The molecule has 0 heterocycles. The maximum atomic E-state index is 12.3. The van der Waals surface area contributed by atoms with E-state index in [0.717, 1.165) is 0 Å². The zero-order valence-electron chi connectivity index (χ0n) is 12.0. The molecule has 0 saturated heterocycles. The van der Waals surface area contributed by atoms with Crippen LogP contribution >= 0.6 is 0 Å². The standard InChI is InChI=1S/C15H29NO2/c1-13(2)16(10-7-11-17)15(18)12-14-8-5-3-4-6-9-14/h13-14,17H,3-12H2,1-2H3. The lowest BCUT2D eigenvalue weighted by Gasteiger charge is -2.28. The predicted octanol–water partition coefficient (Wildman–Crippen LogP) is 2.97. The second-order valence-electron chi connectivity index (χ2n) is 5.82. The van der Waals surface area contributed by atoms with Gasteiger partial charge in [0.2, 0.25) is 5.91 Å². The van der Waals surface area contributed by atoms with Crippen molar-refractivity contribution in [1.82, 2.24) is 4.90 Å². The van der Waals surface area contributed by atoms with E-state index in [0.29, 0.717) is 25.3 Å². The number of rotatable bonds is 6. The lowest BCUT2D eigenvalue weighted by molar-refractivity contribution is -0.134. The van der Waals surface area contributed by atoms with Crippen molar-refractivity contribution in [2.24, 2.45) is 5.92 Å². The van der Waals surface area contributed by atoms with Crippen LogP contribution in [0.3, 0.4) is 0 Å². The van der Waals surface area contributed by atoms with Crippen LogP contribution in [-0.2, 0) is 4.79 Å². The van der Waals surface area contributed by atoms with Gasteiger partial charge < -0.3 is 10.0 Å². The monoisotopic (exact) mass is 255 g/mol. The van der Waals surface area contributed by atoms with E-state index in [1.54, 1.807) is 0 Å². The molecule has 0 aromatic rings. The average molecular weight is 255 g/mol. The summed E-state index contributed by atoms with van der Waals surface area (Å²) < 4.78 is 0. The van der Waals surface area contributed by atoms with Crippen molar-refractivity contribution >= 4 is 5.91 Å². The molecule has 1 aliphatic rings. The van der Waals surface area contributed by atoms with Gasteiger partial charge in [0.25, 0.3) is 0 Å². The van der Waals surface area contributed by atoms with E-state index < -0.39 is 0 Å². The minimum atomic E-state index is 0.167. The minimum absolute atomic E-state index is 0.167. The van der Waals surface area contributed by atoms with E-state index in [1.807, 2.05) is 4.90 Å². The topological polar surface area (TPSA) is 40.5 Å². The van der Waals surface area contributed by atoms with Crippen LogP contribution < -0.4 is 0 Å². The summed E-state index contributed by atoms with van der Waals surface area (Å²) in [5.41, 5.74) is 0. The molecule has 3 heteroatoms. The Labute approximate surface area is 112 Å². The van der Waals surface area contributed by atoms with E-state index in [2.05, 4.69) is 13.8 Å². The fourth-order valence-corrected chi connectivity index (χ4v) is 2.84. The number of carbonyl (C=O) groups is 1. The third-order valence-electron chi connectivity index (χ3n) is 3.94. The zero-order chi connectivity index (χ0) is 13.4. The highest BCUT2D eigenvalue weighted by atomic mass is 16.3. The number of carbonyl (C=O) groups excluding carboxylic acids is 1. The van der Waals surface area contributed by atoms with Gasteiger partial charge in [0.05, 0.1) is 0 Å². The van der Waals surface area contributed by atoms with Gasteiger partial charge in [0.15, 0.2) is 0 Å². The van der Waals surface area contributed by atoms with Crippen molar-refractivity contribution in [2.45, 2.75) is 71.3 Å². The average Bonchev–Trinajstić information content (AvgIpc) is 2.57.